The van der Waals surface area contributed by atoms with Crippen molar-refractivity contribution in [3.05, 3.63) is 71.3 Å². The standard InChI is InChI=1S/C19H20F2N2O2/c20-17-8-4-7-16(18(17)21)19(25)22-10-14-9-15(24)12-23(14)11-13-5-2-1-3-6-13/h1-8,14-15,24H,9-12H2,(H,22,25). The van der Waals surface area contributed by atoms with E-state index < -0.39 is 23.6 Å². The molecule has 3 rings (SSSR count). The molecular weight excluding hydrogens is 326 g/mol. The van der Waals surface area contributed by atoms with E-state index in [2.05, 4.69) is 10.2 Å². The highest BCUT2D eigenvalue weighted by molar-refractivity contribution is 5.94. The van der Waals surface area contributed by atoms with E-state index in [9.17, 15) is 18.7 Å². The van der Waals surface area contributed by atoms with Gasteiger partial charge in [0.1, 0.15) is 0 Å². The number of aliphatic hydroxyl groups is 1. The highest BCUT2D eigenvalue weighted by Crippen LogP contribution is 2.20. The van der Waals surface area contributed by atoms with Crippen LogP contribution in [0.3, 0.4) is 0 Å². The first kappa shape index (κ1) is 17.5. The number of nitrogens with zero attached hydrogens (tertiary/aromatic N) is 1. The molecule has 2 N–H and O–H groups in total. The Hall–Kier alpha value is -2.31. The minimum Gasteiger partial charge on any atom is -0.392 e. The van der Waals surface area contributed by atoms with Gasteiger partial charge < -0.3 is 10.4 Å². The smallest absolute Gasteiger partial charge is 0.254 e. The van der Waals surface area contributed by atoms with Crippen LogP contribution in [0.15, 0.2) is 48.5 Å². The zero-order valence-electron chi connectivity index (χ0n) is 13.7. The first-order chi connectivity index (χ1) is 12.0. The number of carbonyl (C=O) groups excluding carboxylic acids is 1. The van der Waals surface area contributed by atoms with Crippen molar-refractivity contribution in [1.29, 1.82) is 0 Å². The van der Waals surface area contributed by atoms with Crippen LogP contribution in [0.25, 0.3) is 0 Å². The fourth-order valence-electron chi connectivity index (χ4n) is 3.17. The summed E-state index contributed by atoms with van der Waals surface area (Å²) >= 11 is 0. The zero-order valence-corrected chi connectivity index (χ0v) is 13.7. The molecule has 6 heteroatoms. The molecule has 2 atom stereocenters. The Morgan fingerprint density at radius 2 is 1.92 bits per heavy atom. The third kappa shape index (κ3) is 4.21. The molecule has 0 aliphatic carbocycles. The molecule has 1 aliphatic rings. The molecule has 2 unspecified atom stereocenters. The average molecular weight is 346 g/mol. The lowest BCUT2D eigenvalue weighted by Gasteiger charge is -2.24. The number of β-amino-alcohol motifs (C(OH)–C–C–N with tert-alkyl or cyclic N) is 1. The lowest BCUT2D eigenvalue weighted by Crippen LogP contribution is -2.40. The third-order valence-electron chi connectivity index (χ3n) is 4.43. The van der Waals surface area contributed by atoms with Crippen molar-refractivity contribution < 1.29 is 18.7 Å². The number of amides is 1. The molecule has 1 saturated heterocycles. The number of likely N-dealkylation sites (tertiary alicyclic amines) is 1. The number of aliphatic hydroxyl groups excluding tert-OH is 1. The number of rotatable bonds is 5. The van der Waals surface area contributed by atoms with Crippen molar-refractivity contribution in [2.45, 2.75) is 25.1 Å². The van der Waals surface area contributed by atoms with Crippen LogP contribution in [0, 0.1) is 11.6 Å². The molecule has 1 heterocycles. The molecule has 4 nitrogen and oxygen atoms in total. The van der Waals surface area contributed by atoms with Crippen LogP contribution in [0.4, 0.5) is 8.78 Å². The summed E-state index contributed by atoms with van der Waals surface area (Å²) < 4.78 is 26.9. The van der Waals surface area contributed by atoms with Crippen LogP contribution < -0.4 is 5.32 Å². The highest BCUT2D eigenvalue weighted by atomic mass is 19.2. The summed E-state index contributed by atoms with van der Waals surface area (Å²) in [5.74, 6) is -2.85. The Bertz CT molecular complexity index is 739. The van der Waals surface area contributed by atoms with E-state index in [1.165, 1.54) is 12.1 Å². The minimum atomic E-state index is -1.15. The Balaban J connectivity index is 1.62. The van der Waals surface area contributed by atoms with Gasteiger partial charge in [-0.05, 0) is 24.1 Å². The molecule has 1 fully saturated rings. The van der Waals surface area contributed by atoms with Crippen molar-refractivity contribution in [1.82, 2.24) is 10.2 Å². The summed E-state index contributed by atoms with van der Waals surface area (Å²) in [5.41, 5.74) is 0.803. The van der Waals surface area contributed by atoms with Gasteiger partial charge in [0.15, 0.2) is 11.6 Å². The summed E-state index contributed by atoms with van der Waals surface area (Å²) in [6.07, 6.45) is 0.0650. The average Bonchev–Trinajstić information content (AvgIpc) is 2.95. The van der Waals surface area contributed by atoms with E-state index in [-0.39, 0.29) is 18.2 Å². The summed E-state index contributed by atoms with van der Waals surface area (Å²) in [6.45, 7) is 1.44. The van der Waals surface area contributed by atoms with Gasteiger partial charge >= 0.3 is 0 Å². The number of hydrogen-bond donors (Lipinski definition) is 2. The second-order valence-corrected chi connectivity index (χ2v) is 6.27. The third-order valence-corrected chi connectivity index (χ3v) is 4.43. The molecule has 1 amide bonds. The second kappa shape index (κ2) is 7.72. The fraction of sp³-hybridized carbons (Fsp3) is 0.316. The first-order valence-corrected chi connectivity index (χ1v) is 8.23. The Morgan fingerprint density at radius 3 is 2.68 bits per heavy atom. The van der Waals surface area contributed by atoms with Crippen molar-refractivity contribution in [2.75, 3.05) is 13.1 Å². The Morgan fingerprint density at radius 1 is 1.16 bits per heavy atom. The van der Waals surface area contributed by atoms with Gasteiger partial charge in [-0.3, -0.25) is 9.69 Å². The monoisotopic (exact) mass is 346 g/mol. The summed E-state index contributed by atoms with van der Waals surface area (Å²) in [4.78, 5) is 14.2. The van der Waals surface area contributed by atoms with E-state index in [0.29, 0.717) is 19.5 Å². The van der Waals surface area contributed by atoms with Crippen LogP contribution in [0.2, 0.25) is 0 Å². The van der Waals surface area contributed by atoms with Crippen molar-refractivity contribution in [2.24, 2.45) is 0 Å². The predicted octanol–water partition coefficient (Wildman–Crippen LogP) is 2.33. The van der Waals surface area contributed by atoms with Crippen molar-refractivity contribution in [3.63, 3.8) is 0 Å². The maximum Gasteiger partial charge on any atom is 0.254 e. The largest absolute Gasteiger partial charge is 0.392 e. The van der Waals surface area contributed by atoms with Gasteiger partial charge in [-0.25, -0.2) is 8.78 Å². The number of carbonyl (C=O) groups is 1. The lowest BCUT2D eigenvalue weighted by atomic mass is 10.1. The van der Waals surface area contributed by atoms with E-state index in [0.717, 1.165) is 11.6 Å². The van der Waals surface area contributed by atoms with Crippen molar-refractivity contribution >= 4 is 5.91 Å². The van der Waals surface area contributed by atoms with Crippen LogP contribution in [0.1, 0.15) is 22.3 Å². The van der Waals surface area contributed by atoms with E-state index in [4.69, 9.17) is 0 Å². The summed E-state index contributed by atoms with van der Waals surface area (Å²) in [6, 6.07) is 13.3. The highest BCUT2D eigenvalue weighted by Gasteiger charge is 2.31. The summed E-state index contributed by atoms with van der Waals surface area (Å²) in [7, 11) is 0. The van der Waals surface area contributed by atoms with Gasteiger partial charge in [-0.15, -0.1) is 0 Å². The molecule has 0 saturated carbocycles. The van der Waals surface area contributed by atoms with Crippen LogP contribution in [-0.2, 0) is 6.54 Å². The van der Waals surface area contributed by atoms with E-state index >= 15 is 0 Å². The number of hydrogen-bond acceptors (Lipinski definition) is 3. The maximum atomic E-state index is 13.7. The quantitative estimate of drug-likeness (QED) is 0.874. The molecule has 0 spiro atoms. The number of benzene rings is 2. The Kier molecular flexibility index (Phi) is 5.40. The molecule has 1 aliphatic heterocycles. The van der Waals surface area contributed by atoms with Crippen molar-refractivity contribution in [3.8, 4) is 0 Å². The van der Waals surface area contributed by atoms with E-state index in [1.54, 1.807) is 0 Å². The van der Waals surface area contributed by atoms with Gasteiger partial charge in [0.25, 0.3) is 5.91 Å². The topological polar surface area (TPSA) is 52.6 Å². The molecule has 132 valence electrons. The van der Waals surface area contributed by atoms with Gasteiger partial charge in [0.2, 0.25) is 0 Å². The predicted molar refractivity (Wildman–Crippen MR) is 90.0 cm³/mol. The number of nitrogens with one attached hydrogen (secondary N) is 1. The minimum absolute atomic E-state index is 0.0595. The van der Waals surface area contributed by atoms with Gasteiger partial charge in [0, 0.05) is 25.7 Å². The molecule has 2 aromatic carbocycles. The molecule has 0 aromatic heterocycles. The molecule has 2 aromatic rings. The Labute approximate surface area is 145 Å². The van der Waals surface area contributed by atoms with Gasteiger partial charge in [-0.1, -0.05) is 36.4 Å². The van der Waals surface area contributed by atoms with Crippen LogP contribution in [-0.4, -0.2) is 41.1 Å². The van der Waals surface area contributed by atoms with E-state index in [1.807, 2.05) is 30.3 Å². The first-order valence-electron chi connectivity index (χ1n) is 8.23. The number of halogens is 2. The van der Waals surface area contributed by atoms with Gasteiger partial charge in [0.05, 0.1) is 11.7 Å². The second-order valence-electron chi connectivity index (χ2n) is 6.27. The van der Waals surface area contributed by atoms with Gasteiger partial charge in [-0.2, -0.15) is 0 Å². The lowest BCUT2D eigenvalue weighted by molar-refractivity contribution is 0.0934. The maximum absolute atomic E-state index is 13.7. The normalized spacial score (nSPS) is 20.6. The SMILES string of the molecule is O=C(NCC1CC(O)CN1Cc1ccccc1)c1cccc(F)c1F. The molecular formula is C19H20F2N2O2. The fourth-order valence-corrected chi connectivity index (χ4v) is 3.17. The zero-order chi connectivity index (χ0) is 17.8. The van der Waals surface area contributed by atoms with Crippen LogP contribution >= 0.6 is 0 Å². The molecule has 0 radical (unpaired) electrons. The molecule has 25 heavy (non-hydrogen) atoms. The summed E-state index contributed by atoms with van der Waals surface area (Å²) in [5, 5.41) is 12.6. The molecule has 0 bridgehead atoms. The van der Waals surface area contributed by atoms with Crippen LogP contribution in [0.5, 0.6) is 0 Å².